The number of nitrogens with zero attached hydrogens (tertiary/aromatic N) is 2. The van der Waals surface area contributed by atoms with Crippen molar-refractivity contribution in [2.45, 2.75) is 62.6 Å². The molecule has 2 heterocycles. The Morgan fingerprint density at radius 3 is 2.43 bits per heavy atom. The summed E-state index contributed by atoms with van der Waals surface area (Å²) >= 11 is 0. The Labute approximate surface area is 256 Å². The molecule has 2 aromatic carbocycles. The minimum atomic E-state index is -3.99. The number of halogens is 2. The minimum absolute atomic E-state index is 0.000332. The SMILES string of the molecule is CCCCN1CC(C(=O)NC(Cc2cc(F)cc(F)c2)[C@H](O)[C@H]2CN(S(=O)(=O)c3ccc(NC(C)=O)cc3)CCN2)CC1=O. The lowest BCUT2D eigenvalue weighted by atomic mass is 9.94. The standard InChI is InChI=1S/C30H39F2N5O6S/c1-3-4-10-36-17-21(15-28(36)39)30(41)35-26(14-20-12-22(31)16-23(32)13-20)29(40)27-18-37(11-9-33-27)44(42,43)25-7-5-24(6-8-25)34-19(2)38/h5-8,12-13,16,21,26-27,29,33,40H,3-4,9-11,14-15,17-18H2,1-2H3,(H,34,38)(H,35,41)/t21?,26?,27-,29+/m1/s1. The van der Waals surface area contributed by atoms with Crippen LogP contribution in [0.3, 0.4) is 0 Å². The molecule has 2 aliphatic heterocycles. The number of benzene rings is 2. The summed E-state index contributed by atoms with van der Waals surface area (Å²) in [6.45, 7) is 4.28. The quantitative estimate of drug-likeness (QED) is 0.277. The van der Waals surface area contributed by atoms with Crippen LogP contribution in [0.15, 0.2) is 47.4 Å². The summed E-state index contributed by atoms with van der Waals surface area (Å²) in [4.78, 5) is 38.7. The van der Waals surface area contributed by atoms with Gasteiger partial charge in [-0.05, 0) is 54.8 Å². The van der Waals surface area contributed by atoms with Crippen LogP contribution in [0.2, 0.25) is 0 Å². The summed E-state index contributed by atoms with van der Waals surface area (Å²) in [5.74, 6) is -3.19. The summed E-state index contributed by atoms with van der Waals surface area (Å²) in [6.07, 6.45) is 0.207. The molecule has 11 nitrogen and oxygen atoms in total. The van der Waals surface area contributed by atoms with Gasteiger partial charge in [0, 0.05) is 63.9 Å². The summed E-state index contributed by atoms with van der Waals surface area (Å²) in [5, 5.41) is 20.0. The predicted octanol–water partition coefficient (Wildman–Crippen LogP) is 1.62. The number of carbonyl (C=O) groups excluding carboxylic acids is 3. The highest BCUT2D eigenvalue weighted by Crippen LogP contribution is 2.23. The third-order valence-electron chi connectivity index (χ3n) is 7.88. The van der Waals surface area contributed by atoms with E-state index in [-0.39, 0.29) is 61.3 Å². The number of aliphatic hydroxyl groups is 1. The molecule has 3 amide bonds. The zero-order valence-electron chi connectivity index (χ0n) is 24.8. The maximum absolute atomic E-state index is 14.0. The van der Waals surface area contributed by atoms with E-state index in [1.54, 1.807) is 4.90 Å². The minimum Gasteiger partial charge on any atom is -0.389 e. The fourth-order valence-corrected chi connectivity index (χ4v) is 7.06. The number of unbranched alkanes of at least 4 members (excludes halogenated alkanes) is 1. The van der Waals surface area contributed by atoms with Crippen LogP contribution in [-0.4, -0.2) is 91.4 Å². The molecule has 2 fully saturated rings. The number of hydrogen-bond donors (Lipinski definition) is 4. The van der Waals surface area contributed by atoms with Crippen molar-refractivity contribution in [3.8, 4) is 0 Å². The highest BCUT2D eigenvalue weighted by atomic mass is 32.2. The molecule has 4 atom stereocenters. The summed E-state index contributed by atoms with van der Waals surface area (Å²) in [5.41, 5.74) is 0.633. The largest absolute Gasteiger partial charge is 0.389 e. The van der Waals surface area contributed by atoms with E-state index in [1.165, 1.54) is 35.5 Å². The molecule has 14 heteroatoms. The van der Waals surface area contributed by atoms with E-state index < -0.39 is 51.7 Å². The van der Waals surface area contributed by atoms with Crippen LogP contribution >= 0.6 is 0 Å². The molecule has 4 rings (SSSR count). The molecule has 0 aromatic heterocycles. The lowest BCUT2D eigenvalue weighted by Crippen LogP contribution is -2.62. The van der Waals surface area contributed by atoms with E-state index in [0.717, 1.165) is 31.0 Å². The van der Waals surface area contributed by atoms with Crippen molar-refractivity contribution in [3.63, 3.8) is 0 Å². The second kappa shape index (κ2) is 14.5. The van der Waals surface area contributed by atoms with Crippen LogP contribution in [0.4, 0.5) is 14.5 Å². The van der Waals surface area contributed by atoms with E-state index >= 15 is 0 Å². The summed E-state index contributed by atoms with van der Waals surface area (Å²) in [6, 6.07) is 6.74. The third kappa shape index (κ3) is 8.37. The molecule has 2 unspecified atom stereocenters. The molecule has 44 heavy (non-hydrogen) atoms. The Kier molecular flexibility index (Phi) is 11.1. The Morgan fingerprint density at radius 2 is 1.80 bits per heavy atom. The maximum atomic E-state index is 14.0. The Balaban J connectivity index is 1.51. The number of amides is 3. The fourth-order valence-electron chi connectivity index (χ4n) is 5.59. The summed E-state index contributed by atoms with van der Waals surface area (Å²) in [7, 11) is -3.99. The summed E-state index contributed by atoms with van der Waals surface area (Å²) < 4.78 is 56.2. The predicted molar refractivity (Wildman–Crippen MR) is 159 cm³/mol. The van der Waals surface area contributed by atoms with Gasteiger partial charge in [-0.3, -0.25) is 14.4 Å². The van der Waals surface area contributed by atoms with E-state index in [2.05, 4.69) is 16.0 Å². The Bertz CT molecular complexity index is 1440. The van der Waals surface area contributed by atoms with Crippen LogP contribution in [0.1, 0.15) is 38.7 Å². The number of sulfonamides is 1. The van der Waals surface area contributed by atoms with E-state index in [1.807, 2.05) is 6.92 Å². The fraction of sp³-hybridized carbons (Fsp3) is 0.500. The van der Waals surface area contributed by atoms with Gasteiger partial charge >= 0.3 is 0 Å². The van der Waals surface area contributed by atoms with Gasteiger partial charge in [0.15, 0.2) is 0 Å². The molecule has 0 aliphatic carbocycles. The second-order valence-corrected chi connectivity index (χ2v) is 13.2. The molecule has 0 saturated carbocycles. The highest BCUT2D eigenvalue weighted by molar-refractivity contribution is 7.89. The first-order chi connectivity index (χ1) is 20.9. The van der Waals surface area contributed by atoms with Crippen molar-refractivity contribution in [1.82, 2.24) is 19.8 Å². The number of piperazine rings is 1. The van der Waals surface area contributed by atoms with Gasteiger partial charge in [-0.1, -0.05) is 13.3 Å². The lowest BCUT2D eigenvalue weighted by molar-refractivity contribution is -0.129. The zero-order chi connectivity index (χ0) is 32.0. The van der Waals surface area contributed by atoms with Gasteiger partial charge in [-0.25, -0.2) is 17.2 Å². The molecule has 2 saturated heterocycles. The molecule has 4 N–H and O–H groups in total. The van der Waals surface area contributed by atoms with Gasteiger partial charge in [-0.15, -0.1) is 0 Å². The first-order valence-corrected chi connectivity index (χ1v) is 16.1. The Hall–Kier alpha value is -3.46. The van der Waals surface area contributed by atoms with Crippen molar-refractivity contribution in [3.05, 3.63) is 59.7 Å². The number of hydrogen-bond acceptors (Lipinski definition) is 7. The van der Waals surface area contributed by atoms with Crippen LogP contribution in [0.25, 0.3) is 0 Å². The first kappa shape index (κ1) is 33.4. The third-order valence-corrected chi connectivity index (χ3v) is 9.76. The normalized spacial score (nSPS) is 20.8. The van der Waals surface area contributed by atoms with Crippen LogP contribution in [0, 0.1) is 17.6 Å². The van der Waals surface area contributed by atoms with Crippen molar-refractivity contribution < 1.29 is 36.7 Å². The van der Waals surface area contributed by atoms with E-state index in [4.69, 9.17) is 0 Å². The van der Waals surface area contributed by atoms with Gasteiger partial charge in [0.05, 0.1) is 23.0 Å². The number of likely N-dealkylation sites (tertiary alicyclic amines) is 1. The number of anilines is 1. The van der Waals surface area contributed by atoms with Gasteiger partial charge in [-0.2, -0.15) is 4.31 Å². The number of rotatable bonds is 12. The molecule has 2 aliphatic rings. The van der Waals surface area contributed by atoms with Crippen molar-refractivity contribution in [1.29, 1.82) is 0 Å². The molecular formula is C30H39F2N5O6S. The van der Waals surface area contributed by atoms with E-state index in [0.29, 0.717) is 12.2 Å². The topological polar surface area (TPSA) is 148 Å². The molecule has 240 valence electrons. The molecule has 2 aromatic rings. The first-order valence-electron chi connectivity index (χ1n) is 14.7. The zero-order valence-corrected chi connectivity index (χ0v) is 25.6. The van der Waals surface area contributed by atoms with Crippen LogP contribution < -0.4 is 16.0 Å². The molecule has 0 bridgehead atoms. The number of carbonyl (C=O) groups is 3. The average Bonchev–Trinajstić information content (AvgIpc) is 3.35. The van der Waals surface area contributed by atoms with Crippen molar-refractivity contribution in [2.24, 2.45) is 5.92 Å². The molecular weight excluding hydrogens is 596 g/mol. The number of nitrogens with one attached hydrogen (secondary N) is 3. The van der Waals surface area contributed by atoms with Gasteiger partial charge < -0.3 is 26.0 Å². The lowest BCUT2D eigenvalue weighted by Gasteiger charge is -2.38. The van der Waals surface area contributed by atoms with Gasteiger partial charge in [0.25, 0.3) is 0 Å². The maximum Gasteiger partial charge on any atom is 0.243 e. The van der Waals surface area contributed by atoms with Crippen LogP contribution in [0.5, 0.6) is 0 Å². The van der Waals surface area contributed by atoms with E-state index in [9.17, 15) is 36.7 Å². The highest BCUT2D eigenvalue weighted by Gasteiger charge is 2.39. The van der Waals surface area contributed by atoms with Crippen molar-refractivity contribution >= 4 is 33.4 Å². The monoisotopic (exact) mass is 635 g/mol. The molecule has 0 radical (unpaired) electrons. The number of aliphatic hydroxyl groups excluding tert-OH is 1. The van der Waals surface area contributed by atoms with Gasteiger partial charge in [0.2, 0.25) is 27.7 Å². The molecule has 0 spiro atoms. The van der Waals surface area contributed by atoms with Crippen LogP contribution in [-0.2, 0) is 30.8 Å². The second-order valence-electron chi connectivity index (χ2n) is 11.3. The Morgan fingerprint density at radius 1 is 1.11 bits per heavy atom. The smallest absolute Gasteiger partial charge is 0.243 e. The average molecular weight is 636 g/mol. The van der Waals surface area contributed by atoms with Gasteiger partial charge in [0.1, 0.15) is 11.6 Å². The van der Waals surface area contributed by atoms with Crippen molar-refractivity contribution in [2.75, 3.05) is 38.0 Å².